The third-order valence-electron chi connectivity index (χ3n) is 4.03. The van der Waals surface area contributed by atoms with Crippen molar-refractivity contribution >= 4 is 12.0 Å². The maximum Gasteiger partial charge on any atom is 0.335 e. The maximum atomic E-state index is 12.2. The van der Waals surface area contributed by atoms with Crippen molar-refractivity contribution in [1.82, 2.24) is 15.2 Å². The number of carboxylic acids is 1. The molecule has 1 aromatic carbocycles. The van der Waals surface area contributed by atoms with E-state index in [0.717, 1.165) is 17.7 Å². The zero-order valence-corrected chi connectivity index (χ0v) is 13.6. The number of amides is 2. The molecule has 2 heterocycles. The maximum absolute atomic E-state index is 12.2. The van der Waals surface area contributed by atoms with Crippen LogP contribution in [0.3, 0.4) is 0 Å². The van der Waals surface area contributed by atoms with Crippen LogP contribution < -0.4 is 10.1 Å². The van der Waals surface area contributed by atoms with Gasteiger partial charge in [0.25, 0.3) is 0 Å². The summed E-state index contributed by atoms with van der Waals surface area (Å²) in [6, 6.07) is 9.89. The van der Waals surface area contributed by atoms with E-state index in [1.165, 1.54) is 12.1 Å². The number of nitrogens with zero attached hydrogens (tertiary/aromatic N) is 2. The number of aromatic nitrogens is 1. The number of nitrogens with one attached hydrogen (secondary N) is 1. The van der Waals surface area contributed by atoms with Crippen LogP contribution in [0.15, 0.2) is 48.8 Å². The third-order valence-corrected chi connectivity index (χ3v) is 4.03. The number of hydrogen-bond donors (Lipinski definition) is 2. The fraction of sp³-hybridized carbons (Fsp3) is 0.278. The van der Waals surface area contributed by atoms with Gasteiger partial charge >= 0.3 is 12.0 Å². The molecule has 1 saturated heterocycles. The molecular weight excluding hydrogens is 322 g/mol. The van der Waals surface area contributed by atoms with E-state index in [9.17, 15) is 9.59 Å². The molecule has 2 aromatic rings. The van der Waals surface area contributed by atoms with Gasteiger partial charge < -0.3 is 20.1 Å². The molecular formula is C18H19N3O4. The van der Waals surface area contributed by atoms with Crippen molar-refractivity contribution in [3.05, 3.63) is 59.9 Å². The summed E-state index contributed by atoms with van der Waals surface area (Å²) in [5.74, 6) is -0.214. The van der Waals surface area contributed by atoms with Crippen molar-refractivity contribution in [1.29, 1.82) is 0 Å². The van der Waals surface area contributed by atoms with Crippen LogP contribution in [0.2, 0.25) is 0 Å². The topological polar surface area (TPSA) is 91.8 Å². The first-order valence-corrected chi connectivity index (χ1v) is 8.03. The summed E-state index contributed by atoms with van der Waals surface area (Å²) in [4.78, 5) is 28.7. The number of benzene rings is 1. The van der Waals surface area contributed by atoms with Crippen molar-refractivity contribution in [3.8, 4) is 5.75 Å². The van der Waals surface area contributed by atoms with Crippen LogP contribution in [0.1, 0.15) is 22.3 Å². The standard InChI is InChI=1S/C18H19N3O4/c22-17(23)14-3-1-13(2-4-14)11-20-18(24)21-10-7-16(12-21)25-15-5-8-19-9-6-15/h1-6,8-9,16H,7,10-12H2,(H,20,24)(H,22,23). The minimum Gasteiger partial charge on any atom is -0.488 e. The lowest BCUT2D eigenvalue weighted by atomic mass is 10.1. The van der Waals surface area contributed by atoms with E-state index in [1.807, 2.05) is 0 Å². The van der Waals surface area contributed by atoms with Crippen LogP contribution in [0.4, 0.5) is 4.79 Å². The molecule has 0 spiro atoms. The first-order chi connectivity index (χ1) is 12.1. The highest BCUT2D eigenvalue weighted by Gasteiger charge is 2.27. The Morgan fingerprint density at radius 3 is 2.60 bits per heavy atom. The zero-order valence-electron chi connectivity index (χ0n) is 13.6. The Hall–Kier alpha value is -3.09. The Morgan fingerprint density at radius 2 is 1.92 bits per heavy atom. The van der Waals surface area contributed by atoms with Gasteiger partial charge in [-0.15, -0.1) is 0 Å². The minimum absolute atomic E-state index is 0.0250. The third kappa shape index (κ3) is 4.47. The SMILES string of the molecule is O=C(O)c1ccc(CNC(=O)N2CCC(Oc3ccncc3)C2)cc1. The number of hydrogen-bond acceptors (Lipinski definition) is 4. The second-order valence-corrected chi connectivity index (χ2v) is 5.82. The molecule has 0 radical (unpaired) electrons. The number of rotatable bonds is 5. The Kier molecular flexibility index (Phi) is 5.13. The van der Waals surface area contributed by atoms with Gasteiger partial charge in [0.1, 0.15) is 11.9 Å². The van der Waals surface area contributed by atoms with Gasteiger partial charge in [0.05, 0.1) is 12.1 Å². The minimum atomic E-state index is -0.965. The number of carbonyl (C=O) groups excluding carboxylic acids is 1. The lowest BCUT2D eigenvalue weighted by molar-refractivity contribution is 0.0697. The number of aromatic carboxylic acids is 1. The summed E-state index contributed by atoms with van der Waals surface area (Å²) in [5.41, 5.74) is 1.08. The summed E-state index contributed by atoms with van der Waals surface area (Å²) < 4.78 is 5.84. The Balaban J connectivity index is 1.46. The predicted molar refractivity (Wildman–Crippen MR) is 90.5 cm³/mol. The monoisotopic (exact) mass is 341 g/mol. The van der Waals surface area contributed by atoms with Crippen molar-refractivity contribution in [2.45, 2.75) is 19.1 Å². The lowest BCUT2D eigenvalue weighted by Crippen LogP contribution is -2.39. The molecule has 1 aromatic heterocycles. The molecule has 0 saturated carbocycles. The van der Waals surface area contributed by atoms with Gasteiger partial charge in [0, 0.05) is 31.9 Å². The van der Waals surface area contributed by atoms with Gasteiger partial charge in [-0.2, -0.15) is 0 Å². The molecule has 7 heteroatoms. The van der Waals surface area contributed by atoms with Gasteiger partial charge in [-0.3, -0.25) is 4.98 Å². The van der Waals surface area contributed by atoms with Crippen LogP contribution >= 0.6 is 0 Å². The highest BCUT2D eigenvalue weighted by atomic mass is 16.5. The van der Waals surface area contributed by atoms with Gasteiger partial charge in [-0.1, -0.05) is 12.1 Å². The summed E-state index contributed by atoms with van der Waals surface area (Å²) in [5, 5.41) is 11.7. The Morgan fingerprint density at radius 1 is 1.20 bits per heavy atom. The van der Waals surface area contributed by atoms with Crippen LogP contribution in [0.5, 0.6) is 5.75 Å². The molecule has 1 aliphatic heterocycles. The number of carboxylic acid groups (broad SMARTS) is 1. The quantitative estimate of drug-likeness (QED) is 0.869. The van der Waals surface area contributed by atoms with Crippen LogP contribution in [0.25, 0.3) is 0 Å². The molecule has 2 amide bonds. The summed E-state index contributed by atoms with van der Waals surface area (Å²) in [7, 11) is 0. The molecule has 7 nitrogen and oxygen atoms in total. The molecule has 1 aliphatic rings. The molecule has 2 N–H and O–H groups in total. The normalized spacial score (nSPS) is 16.5. The largest absolute Gasteiger partial charge is 0.488 e. The number of likely N-dealkylation sites (tertiary alicyclic amines) is 1. The van der Waals surface area contributed by atoms with E-state index in [1.54, 1.807) is 41.6 Å². The molecule has 130 valence electrons. The first kappa shape index (κ1) is 16.8. The highest BCUT2D eigenvalue weighted by Crippen LogP contribution is 2.17. The number of pyridine rings is 1. The summed E-state index contributed by atoms with van der Waals surface area (Å²) >= 11 is 0. The Labute approximate surface area is 145 Å². The molecule has 25 heavy (non-hydrogen) atoms. The van der Waals surface area contributed by atoms with E-state index in [4.69, 9.17) is 9.84 Å². The summed E-state index contributed by atoms with van der Waals surface area (Å²) in [6.07, 6.45) is 4.10. The smallest absolute Gasteiger partial charge is 0.335 e. The first-order valence-electron chi connectivity index (χ1n) is 8.03. The fourth-order valence-corrected chi connectivity index (χ4v) is 2.67. The van der Waals surface area contributed by atoms with Gasteiger partial charge in [-0.05, 0) is 29.8 Å². The molecule has 3 rings (SSSR count). The summed E-state index contributed by atoms with van der Waals surface area (Å²) in [6.45, 7) is 1.52. The average Bonchev–Trinajstić information content (AvgIpc) is 3.09. The van der Waals surface area contributed by atoms with Crippen molar-refractivity contribution < 1.29 is 19.4 Å². The van der Waals surface area contributed by atoms with E-state index < -0.39 is 5.97 Å². The molecule has 1 atom stereocenters. The van der Waals surface area contributed by atoms with E-state index in [0.29, 0.717) is 19.6 Å². The second kappa shape index (κ2) is 7.65. The van der Waals surface area contributed by atoms with Crippen molar-refractivity contribution in [2.24, 2.45) is 0 Å². The number of ether oxygens (including phenoxy) is 1. The van der Waals surface area contributed by atoms with Crippen molar-refractivity contribution in [3.63, 3.8) is 0 Å². The fourth-order valence-electron chi connectivity index (χ4n) is 2.67. The Bertz CT molecular complexity index is 734. The van der Waals surface area contributed by atoms with Crippen LogP contribution in [0, 0.1) is 0 Å². The lowest BCUT2D eigenvalue weighted by Gasteiger charge is -2.18. The van der Waals surface area contributed by atoms with Gasteiger partial charge in [-0.25, -0.2) is 9.59 Å². The highest BCUT2D eigenvalue weighted by molar-refractivity contribution is 5.87. The van der Waals surface area contributed by atoms with Gasteiger partial charge in [0.15, 0.2) is 0 Å². The molecule has 1 unspecified atom stereocenters. The van der Waals surface area contributed by atoms with Crippen LogP contribution in [-0.2, 0) is 6.54 Å². The predicted octanol–water partition coefficient (Wildman–Crippen LogP) is 2.14. The molecule has 0 aliphatic carbocycles. The van der Waals surface area contributed by atoms with Gasteiger partial charge in [0.2, 0.25) is 0 Å². The second-order valence-electron chi connectivity index (χ2n) is 5.82. The molecule has 1 fully saturated rings. The van der Waals surface area contributed by atoms with E-state index in [-0.39, 0.29) is 17.7 Å². The average molecular weight is 341 g/mol. The van der Waals surface area contributed by atoms with Crippen LogP contribution in [-0.4, -0.2) is 46.2 Å². The molecule has 0 bridgehead atoms. The number of urea groups is 1. The van der Waals surface area contributed by atoms with Crippen molar-refractivity contribution in [2.75, 3.05) is 13.1 Å². The van der Waals surface area contributed by atoms with E-state index >= 15 is 0 Å². The van der Waals surface area contributed by atoms with E-state index in [2.05, 4.69) is 10.3 Å². The number of carbonyl (C=O) groups is 2. The zero-order chi connectivity index (χ0) is 17.6.